The Bertz CT molecular complexity index is 997. The first-order valence-electron chi connectivity index (χ1n) is 11.4. The Balaban J connectivity index is 2.93. The second kappa shape index (κ2) is 14.4. The van der Waals surface area contributed by atoms with E-state index in [1.54, 1.807) is 26.0 Å². The molecule has 37 heavy (non-hydrogen) atoms. The number of amides is 4. The number of primary amides is 1. The number of carbonyl (C=O) groups excluding carboxylic acids is 4. The standard InChI is InChI=1S/C23H33N5O9/c1-11(2)19(28-20(33)14(24)9-12-3-5-13(29)6-4-12)22(35)27-16(10-18(31)32)21(34)26-15(23(36)37)7-8-17(25)30/h3-6,11,14-16,19,29H,7-10,24H2,1-2H3,(H2,25,30)(H,26,34)(H,27,35)(H,28,33)(H,31,32)(H,36,37). The average Bonchev–Trinajstić information content (AvgIpc) is 2.79. The maximum absolute atomic E-state index is 12.9. The molecule has 10 N–H and O–H groups in total. The van der Waals surface area contributed by atoms with Crippen LogP contribution in [0.3, 0.4) is 0 Å². The number of hydrogen-bond donors (Lipinski definition) is 8. The monoisotopic (exact) mass is 523 g/mol. The third kappa shape index (κ3) is 10.9. The number of carboxylic acid groups (broad SMARTS) is 2. The molecule has 0 aromatic heterocycles. The van der Waals surface area contributed by atoms with Crippen molar-refractivity contribution in [1.82, 2.24) is 16.0 Å². The van der Waals surface area contributed by atoms with Gasteiger partial charge in [-0.05, 0) is 36.5 Å². The largest absolute Gasteiger partial charge is 0.508 e. The maximum atomic E-state index is 12.9. The molecule has 14 nitrogen and oxygen atoms in total. The SMILES string of the molecule is CC(C)C(NC(=O)C(N)Cc1ccc(O)cc1)C(=O)NC(CC(=O)O)C(=O)NC(CCC(N)=O)C(=O)O. The maximum Gasteiger partial charge on any atom is 0.326 e. The Labute approximate surface area is 212 Å². The molecular formula is C23H33N5O9. The third-order valence-corrected chi connectivity index (χ3v) is 5.28. The fourth-order valence-electron chi connectivity index (χ4n) is 3.24. The Morgan fingerprint density at radius 3 is 1.92 bits per heavy atom. The smallest absolute Gasteiger partial charge is 0.326 e. The van der Waals surface area contributed by atoms with E-state index in [2.05, 4.69) is 16.0 Å². The van der Waals surface area contributed by atoms with Gasteiger partial charge in [-0.3, -0.25) is 24.0 Å². The predicted molar refractivity (Wildman–Crippen MR) is 129 cm³/mol. The van der Waals surface area contributed by atoms with Crippen LogP contribution in [0.2, 0.25) is 0 Å². The van der Waals surface area contributed by atoms with Gasteiger partial charge < -0.3 is 42.7 Å². The Kier molecular flexibility index (Phi) is 12.0. The van der Waals surface area contributed by atoms with E-state index in [0.717, 1.165) is 0 Å². The lowest BCUT2D eigenvalue weighted by Gasteiger charge is -2.26. The first kappa shape index (κ1) is 30.8. The van der Waals surface area contributed by atoms with Crippen LogP contribution in [-0.4, -0.2) is 75.1 Å². The molecule has 14 heteroatoms. The van der Waals surface area contributed by atoms with E-state index in [9.17, 15) is 44.1 Å². The molecule has 4 atom stereocenters. The van der Waals surface area contributed by atoms with Gasteiger partial charge in [0.1, 0.15) is 23.9 Å². The minimum absolute atomic E-state index is 0.0424. The number of nitrogens with one attached hydrogen (secondary N) is 3. The fourth-order valence-corrected chi connectivity index (χ4v) is 3.24. The van der Waals surface area contributed by atoms with Gasteiger partial charge in [-0.25, -0.2) is 4.79 Å². The molecule has 0 bridgehead atoms. The second-order valence-electron chi connectivity index (χ2n) is 8.77. The normalized spacial score (nSPS) is 14.1. The molecule has 0 aliphatic rings. The van der Waals surface area contributed by atoms with Crippen molar-refractivity contribution in [2.75, 3.05) is 0 Å². The highest BCUT2D eigenvalue weighted by Crippen LogP contribution is 2.11. The van der Waals surface area contributed by atoms with Gasteiger partial charge in [-0.2, -0.15) is 0 Å². The molecule has 0 aliphatic heterocycles. The van der Waals surface area contributed by atoms with Gasteiger partial charge >= 0.3 is 11.9 Å². The summed E-state index contributed by atoms with van der Waals surface area (Å²) in [6, 6.07) is 0.541. The van der Waals surface area contributed by atoms with E-state index in [4.69, 9.17) is 11.5 Å². The molecule has 0 saturated carbocycles. The number of phenols is 1. The zero-order valence-corrected chi connectivity index (χ0v) is 20.5. The topological polar surface area (TPSA) is 251 Å². The highest BCUT2D eigenvalue weighted by molar-refractivity contribution is 5.95. The van der Waals surface area contributed by atoms with Gasteiger partial charge in [0.25, 0.3) is 0 Å². The Morgan fingerprint density at radius 2 is 1.43 bits per heavy atom. The number of hydrogen-bond acceptors (Lipinski definition) is 8. The molecule has 0 aliphatic carbocycles. The number of carbonyl (C=O) groups is 6. The van der Waals surface area contributed by atoms with Crippen LogP contribution in [0.25, 0.3) is 0 Å². The van der Waals surface area contributed by atoms with Crippen molar-refractivity contribution in [1.29, 1.82) is 0 Å². The lowest BCUT2D eigenvalue weighted by molar-refractivity contribution is -0.144. The van der Waals surface area contributed by atoms with Crippen molar-refractivity contribution in [3.05, 3.63) is 29.8 Å². The van der Waals surface area contributed by atoms with Crippen molar-refractivity contribution in [2.24, 2.45) is 17.4 Å². The summed E-state index contributed by atoms with van der Waals surface area (Å²) in [5.74, 6) is -6.86. The number of nitrogens with two attached hydrogens (primary N) is 2. The lowest BCUT2D eigenvalue weighted by Crippen LogP contribution is -2.59. The summed E-state index contributed by atoms with van der Waals surface area (Å²) in [5.41, 5.74) is 11.6. The van der Waals surface area contributed by atoms with E-state index in [1.807, 2.05) is 0 Å². The molecule has 4 amide bonds. The van der Waals surface area contributed by atoms with Crippen LogP contribution in [0.4, 0.5) is 0 Å². The summed E-state index contributed by atoms with van der Waals surface area (Å²) in [7, 11) is 0. The van der Waals surface area contributed by atoms with Crippen LogP contribution < -0.4 is 27.4 Å². The summed E-state index contributed by atoms with van der Waals surface area (Å²) < 4.78 is 0. The van der Waals surface area contributed by atoms with Crippen LogP contribution in [0.1, 0.15) is 38.7 Å². The molecule has 0 heterocycles. The van der Waals surface area contributed by atoms with E-state index < -0.39 is 72.1 Å². The second-order valence-corrected chi connectivity index (χ2v) is 8.77. The Hall–Kier alpha value is -4.20. The molecule has 0 saturated heterocycles. The summed E-state index contributed by atoms with van der Waals surface area (Å²) in [6.45, 7) is 3.21. The van der Waals surface area contributed by atoms with Crippen molar-refractivity contribution in [3.63, 3.8) is 0 Å². The van der Waals surface area contributed by atoms with Crippen LogP contribution in [0.5, 0.6) is 5.75 Å². The van der Waals surface area contributed by atoms with E-state index in [0.29, 0.717) is 5.56 Å². The molecule has 1 aromatic rings. The van der Waals surface area contributed by atoms with E-state index in [1.165, 1.54) is 12.1 Å². The first-order chi connectivity index (χ1) is 17.2. The fraction of sp³-hybridized carbons (Fsp3) is 0.478. The van der Waals surface area contributed by atoms with Gasteiger partial charge in [0, 0.05) is 6.42 Å². The molecule has 4 unspecified atom stereocenters. The van der Waals surface area contributed by atoms with Gasteiger partial charge in [-0.1, -0.05) is 26.0 Å². The first-order valence-corrected chi connectivity index (χ1v) is 11.4. The van der Waals surface area contributed by atoms with Crippen molar-refractivity contribution in [2.45, 2.75) is 63.7 Å². The summed E-state index contributed by atoms with van der Waals surface area (Å²) >= 11 is 0. The molecule has 0 radical (unpaired) electrons. The summed E-state index contributed by atoms with van der Waals surface area (Å²) in [6.07, 6.45) is -1.46. The van der Waals surface area contributed by atoms with Crippen molar-refractivity contribution >= 4 is 35.6 Å². The molecule has 1 rings (SSSR count). The summed E-state index contributed by atoms with van der Waals surface area (Å²) in [4.78, 5) is 71.8. The van der Waals surface area contributed by atoms with Crippen molar-refractivity contribution < 1.29 is 44.1 Å². The van der Waals surface area contributed by atoms with Crippen LogP contribution in [-0.2, 0) is 35.2 Å². The van der Waals surface area contributed by atoms with Gasteiger partial charge in [-0.15, -0.1) is 0 Å². The molecular weight excluding hydrogens is 490 g/mol. The lowest BCUT2D eigenvalue weighted by atomic mass is 10.0. The van der Waals surface area contributed by atoms with E-state index in [-0.39, 0.29) is 25.0 Å². The average molecular weight is 524 g/mol. The highest BCUT2D eigenvalue weighted by Gasteiger charge is 2.32. The number of phenolic OH excluding ortho intramolecular Hbond substituents is 1. The van der Waals surface area contributed by atoms with Crippen molar-refractivity contribution in [3.8, 4) is 5.75 Å². The summed E-state index contributed by atoms with van der Waals surface area (Å²) in [5, 5.41) is 34.6. The number of aliphatic carboxylic acids is 2. The number of rotatable bonds is 15. The van der Waals surface area contributed by atoms with Gasteiger partial charge in [0.05, 0.1) is 12.5 Å². The van der Waals surface area contributed by atoms with Crippen LogP contribution in [0, 0.1) is 5.92 Å². The van der Waals surface area contributed by atoms with Gasteiger partial charge in [0.15, 0.2) is 0 Å². The third-order valence-electron chi connectivity index (χ3n) is 5.28. The van der Waals surface area contributed by atoms with Gasteiger partial charge in [0.2, 0.25) is 23.6 Å². The highest BCUT2D eigenvalue weighted by atomic mass is 16.4. The predicted octanol–water partition coefficient (Wildman–Crippen LogP) is -1.80. The Morgan fingerprint density at radius 1 is 0.865 bits per heavy atom. The number of carboxylic acids is 2. The molecule has 0 fully saturated rings. The quantitative estimate of drug-likeness (QED) is 0.128. The number of benzene rings is 1. The van der Waals surface area contributed by atoms with Crippen LogP contribution >= 0.6 is 0 Å². The minimum atomic E-state index is -1.68. The number of aromatic hydroxyl groups is 1. The van der Waals surface area contributed by atoms with E-state index >= 15 is 0 Å². The zero-order chi connectivity index (χ0) is 28.3. The van der Waals surface area contributed by atoms with Crippen LogP contribution in [0.15, 0.2) is 24.3 Å². The minimum Gasteiger partial charge on any atom is -0.508 e. The molecule has 0 spiro atoms. The zero-order valence-electron chi connectivity index (χ0n) is 20.5. The molecule has 1 aromatic carbocycles. The molecule has 204 valence electrons.